The van der Waals surface area contributed by atoms with Gasteiger partial charge in [0.15, 0.2) is 0 Å². The number of aliphatic imine (C=N–C) groups is 1. The number of carboxylic acids is 1. The van der Waals surface area contributed by atoms with Gasteiger partial charge in [0.25, 0.3) is 0 Å². The molecule has 0 saturated carbocycles. The summed E-state index contributed by atoms with van der Waals surface area (Å²) in [5.74, 6) is -0.928. The monoisotopic (exact) mass is 189 g/mol. The molecule has 0 amide bonds. The second kappa shape index (κ2) is 2.31. The number of rotatable bonds is 1. The first-order valence-corrected chi connectivity index (χ1v) is 3.13. The molecule has 1 rings (SSSR count). The summed E-state index contributed by atoms with van der Waals surface area (Å²) in [6.45, 7) is 0.460. The van der Waals surface area contributed by atoms with Crippen LogP contribution in [-0.4, -0.2) is 23.8 Å². The van der Waals surface area contributed by atoms with Crippen LogP contribution in [0.25, 0.3) is 0 Å². The molecule has 1 N–H and O–H groups in total. The van der Waals surface area contributed by atoms with Crippen LogP contribution in [0.4, 0.5) is 0 Å². The minimum atomic E-state index is -0.928. The molecule has 9 heavy (non-hydrogen) atoms. The first-order chi connectivity index (χ1) is 4.22. The number of carboxylic acid groups (broad SMARTS) is 1. The highest BCUT2D eigenvalue weighted by atomic mass is 79.9. The van der Waals surface area contributed by atoms with Crippen LogP contribution in [0.1, 0.15) is 0 Å². The lowest BCUT2D eigenvalue weighted by Crippen LogP contribution is -2.00. The smallest absolute Gasteiger partial charge is 0.338 e. The molecule has 1 aliphatic rings. The average Bonchev–Trinajstić information content (AvgIpc) is 2.13. The lowest BCUT2D eigenvalue weighted by molar-refractivity contribution is -0.132. The Hall–Kier alpha value is -0.640. The van der Waals surface area contributed by atoms with E-state index in [4.69, 9.17) is 5.11 Å². The number of hydrogen-bond donors (Lipinski definition) is 1. The Morgan fingerprint density at radius 2 is 2.56 bits per heavy atom. The van der Waals surface area contributed by atoms with Crippen molar-refractivity contribution in [1.82, 2.24) is 0 Å². The molecule has 0 aromatic carbocycles. The summed E-state index contributed by atoms with van der Waals surface area (Å²) < 4.78 is 0.648. The largest absolute Gasteiger partial charge is 0.478 e. The zero-order valence-electron chi connectivity index (χ0n) is 4.47. The fraction of sp³-hybridized carbons (Fsp3) is 0.200. The molecule has 0 aromatic rings. The molecule has 1 aliphatic heterocycles. The predicted molar refractivity (Wildman–Crippen MR) is 36.9 cm³/mol. The molecule has 1 heterocycles. The average molecular weight is 190 g/mol. The molecular weight excluding hydrogens is 186 g/mol. The molecule has 3 nitrogen and oxygen atoms in total. The van der Waals surface area contributed by atoms with E-state index in [9.17, 15) is 4.79 Å². The Morgan fingerprint density at radius 1 is 1.89 bits per heavy atom. The van der Waals surface area contributed by atoms with Crippen LogP contribution < -0.4 is 0 Å². The zero-order chi connectivity index (χ0) is 6.85. The topological polar surface area (TPSA) is 49.7 Å². The number of carbonyl (C=O) groups is 1. The molecule has 4 heteroatoms. The second-order valence-corrected chi connectivity index (χ2v) is 2.55. The molecule has 48 valence electrons. The molecule has 0 spiro atoms. The Kier molecular flexibility index (Phi) is 1.66. The van der Waals surface area contributed by atoms with Crippen LogP contribution in [0.15, 0.2) is 15.0 Å². The van der Waals surface area contributed by atoms with E-state index < -0.39 is 5.97 Å². The summed E-state index contributed by atoms with van der Waals surface area (Å²) >= 11 is 3.08. The van der Waals surface area contributed by atoms with Crippen LogP contribution in [0, 0.1) is 0 Å². The van der Waals surface area contributed by atoms with Crippen LogP contribution in [0.3, 0.4) is 0 Å². The fourth-order valence-corrected chi connectivity index (χ4v) is 0.960. The van der Waals surface area contributed by atoms with Crippen molar-refractivity contribution >= 4 is 28.1 Å². The van der Waals surface area contributed by atoms with Gasteiger partial charge in [-0.05, 0) is 0 Å². The van der Waals surface area contributed by atoms with Crippen molar-refractivity contribution in [3.8, 4) is 0 Å². The molecule has 0 unspecified atom stereocenters. The van der Waals surface area contributed by atoms with E-state index in [-0.39, 0.29) is 5.57 Å². The Morgan fingerprint density at radius 3 is 2.78 bits per heavy atom. The second-order valence-electron chi connectivity index (χ2n) is 1.59. The SMILES string of the molecule is O=C(O)C1=C(Br)CN=C1. The third kappa shape index (κ3) is 1.18. The van der Waals surface area contributed by atoms with E-state index in [1.165, 1.54) is 6.21 Å². The fourth-order valence-electron chi connectivity index (χ4n) is 0.544. The van der Waals surface area contributed by atoms with Crippen molar-refractivity contribution < 1.29 is 9.90 Å². The van der Waals surface area contributed by atoms with Gasteiger partial charge in [-0.2, -0.15) is 0 Å². The van der Waals surface area contributed by atoms with Crippen LogP contribution >= 0.6 is 15.9 Å². The van der Waals surface area contributed by atoms with E-state index in [0.29, 0.717) is 11.0 Å². The maximum Gasteiger partial charge on any atom is 0.338 e. The molecule has 0 fully saturated rings. The van der Waals surface area contributed by atoms with E-state index in [1.807, 2.05) is 0 Å². The van der Waals surface area contributed by atoms with Gasteiger partial charge in [0.1, 0.15) is 0 Å². The summed E-state index contributed by atoms with van der Waals surface area (Å²) in [5, 5.41) is 8.40. The number of aliphatic carboxylic acids is 1. The number of nitrogens with zero attached hydrogens (tertiary/aromatic N) is 1. The first-order valence-electron chi connectivity index (χ1n) is 2.33. The maximum atomic E-state index is 10.2. The third-order valence-electron chi connectivity index (χ3n) is 0.973. The van der Waals surface area contributed by atoms with Gasteiger partial charge in [0, 0.05) is 10.7 Å². The Labute approximate surface area is 60.2 Å². The molecule has 0 atom stereocenters. The summed E-state index contributed by atoms with van der Waals surface area (Å²) in [4.78, 5) is 14.0. The van der Waals surface area contributed by atoms with E-state index >= 15 is 0 Å². The standard InChI is InChI=1S/C5H4BrNO2/c6-4-2-7-1-3(4)5(8)9/h1H,2H2,(H,8,9). The summed E-state index contributed by atoms with van der Waals surface area (Å²) in [7, 11) is 0. The summed E-state index contributed by atoms with van der Waals surface area (Å²) in [5.41, 5.74) is 0.259. The molecular formula is C5H4BrNO2. The third-order valence-corrected chi connectivity index (χ3v) is 1.65. The van der Waals surface area contributed by atoms with Gasteiger partial charge < -0.3 is 5.11 Å². The van der Waals surface area contributed by atoms with Crippen LogP contribution in [0.2, 0.25) is 0 Å². The van der Waals surface area contributed by atoms with Gasteiger partial charge in [0.2, 0.25) is 0 Å². The Bertz CT molecular complexity index is 207. The van der Waals surface area contributed by atoms with E-state index in [1.54, 1.807) is 0 Å². The molecule has 0 bridgehead atoms. The summed E-state index contributed by atoms with van der Waals surface area (Å²) in [6.07, 6.45) is 1.35. The van der Waals surface area contributed by atoms with Crippen molar-refractivity contribution in [2.45, 2.75) is 0 Å². The molecule has 0 saturated heterocycles. The number of hydrogen-bond acceptors (Lipinski definition) is 2. The van der Waals surface area contributed by atoms with Gasteiger partial charge >= 0.3 is 5.97 Å². The lowest BCUT2D eigenvalue weighted by atomic mass is 10.3. The van der Waals surface area contributed by atoms with Crippen molar-refractivity contribution in [1.29, 1.82) is 0 Å². The van der Waals surface area contributed by atoms with E-state index in [0.717, 1.165) is 0 Å². The van der Waals surface area contributed by atoms with Crippen molar-refractivity contribution in [2.75, 3.05) is 6.54 Å². The minimum absolute atomic E-state index is 0.259. The van der Waals surface area contributed by atoms with Crippen molar-refractivity contribution in [3.63, 3.8) is 0 Å². The number of halogens is 1. The van der Waals surface area contributed by atoms with Gasteiger partial charge in [0.05, 0.1) is 12.1 Å². The van der Waals surface area contributed by atoms with Gasteiger partial charge in [-0.3, -0.25) is 4.99 Å². The Balaban J connectivity index is 2.89. The maximum absolute atomic E-state index is 10.2. The van der Waals surface area contributed by atoms with Crippen molar-refractivity contribution in [3.05, 3.63) is 10.1 Å². The zero-order valence-corrected chi connectivity index (χ0v) is 6.05. The highest BCUT2D eigenvalue weighted by Gasteiger charge is 2.13. The minimum Gasteiger partial charge on any atom is -0.478 e. The highest BCUT2D eigenvalue weighted by molar-refractivity contribution is 9.11. The van der Waals surface area contributed by atoms with E-state index in [2.05, 4.69) is 20.9 Å². The predicted octanol–water partition coefficient (Wildman–Crippen LogP) is 0.804. The first kappa shape index (κ1) is 6.48. The van der Waals surface area contributed by atoms with Crippen LogP contribution in [0.5, 0.6) is 0 Å². The van der Waals surface area contributed by atoms with Gasteiger partial charge in [-0.25, -0.2) is 4.79 Å². The van der Waals surface area contributed by atoms with Crippen LogP contribution in [-0.2, 0) is 4.79 Å². The summed E-state index contributed by atoms with van der Waals surface area (Å²) in [6, 6.07) is 0. The highest BCUT2D eigenvalue weighted by Crippen LogP contribution is 2.15. The normalized spacial score (nSPS) is 17.0. The molecule has 0 radical (unpaired) electrons. The van der Waals surface area contributed by atoms with Gasteiger partial charge in [-0.1, -0.05) is 15.9 Å². The molecule has 0 aliphatic carbocycles. The van der Waals surface area contributed by atoms with Crippen molar-refractivity contribution in [2.24, 2.45) is 4.99 Å². The quantitative estimate of drug-likeness (QED) is 0.664. The lowest BCUT2D eigenvalue weighted by Gasteiger charge is -1.87. The molecule has 0 aromatic heterocycles. The van der Waals surface area contributed by atoms with Gasteiger partial charge in [-0.15, -0.1) is 0 Å².